The highest BCUT2D eigenvalue weighted by Crippen LogP contribution is 2.52. The van der Waals surface area contributed by atoms with Crippen LogP contribution in [-0.4, -0.2) is 54.1 Å². The fourth-order valence-corrected chi connectivity index (χ4v) is 4.94. The molecular weight excluding hydrogens is 432 g/mol. The van der Waals surface area contributed by atoms with Crippen LogP contribution in [0.4, 0.5) is 8.78 Å². The molecule has 0 aliphatic carbocycles. The largest absolute Gasteiger partial charge is 0.493 e. The predicted octanol–water partition coefficient (Wildman–Crippen LogP) is 4.18. The Hall–Kier alpha value is -3.36. The number of hydrogen-bond acceptors (Lipinski definition) is 6. The van der Waals surface area contributed by atoms with Crippen molar-refractivity contribution in [2.45, 2.75) is 44.6 Å². The van der Waals surface area contributed by atoms with Crippen molar-refractivity contribution in [3.05, 3.63) is 53.6 Å². The van der Waals surface area contributed by atoms with Crippen molar-refractivity contribution in [3.8, 4) is 17.2 Å². The first kappa shape index (κ1) is 21.5. The molecule has 174 valence electrons. The van der Waals surface area contributed by atoms with E-state index in [0.29, 0.717) is 38.1 Å². The van der Waals surface area contributed by atoms with Crippen LogP contribution in [0, 0.1) is 0 Å². The number of carbonyl (C=O) groups is 1. The number of ether oxygens (including phenoxy) is 3. The first-order valence-corrected chi connectivity index (χ1v) is 10.9. The molecule has 3 heterocycles. The van der Waals surface area contributed by atoms with E-state index in [-0.39, 0.29) is 17.7 Å². The molecular formula is C24H25F2N3O4. The number of rotatable bonds is 4. The molecule has 1 saturated heterocycles. The molecule has 0 unspecified atom stereocenters. The summed E-state index contributed by atoms with van der Waals surface area (Å²) in [6.45, 7) is -0.131. The van der Waals surface area contributed by atoms with Crippen LogP contribution >= 0.6 is 0 Å². The quantitative estimate of drug-likeness (QED) is 0.689. The topological polar surface area (TPSA) is 63.6 Å². The number of hydrazone groups is 1. The van der Waals surface area contributed by atoms with Gasteiger partial charge in [0.25, 0.3) is 0 Å². The Balaban J connectivity index is 1.51. The molecule has 2 aromatic rings. The molecule has 5 rings (SSSR count). The lowest BCUT2D eigenvalue weighted by atomic mass is 9.90. The molecule has 9 heteroatoms. The number of likely N-dealkylation sites (tertiary alicyclic amines) is 1. The summed E-state index contributed by atoms with van der Waals surface area (Å²) < 4.78 is 41.7. The number of para-hydroxylation sites is 1. The fraction of sp³-hybridized carbons (Fsp3) is 0.417. The molecule has 33 heavy (non-hydrogen) atoms. The molecule has 0 bridgehead atoms. The molecule has 1 atom stereocenters. The Morgan fingerprint density at radius 2 is 1.91 bits per heavy atom. The Kier molecular flexibility index (Phi) is 5.34. The molecule has 0 N–H and O–H groups in total. The number of fused-ring (bicyclic) bond motifs is 4. The van der Waals surface area contributed by atoms with Gasteiger partial charge >= 0.3 is 6.61 Å². The van der Waals surface area contributed by atoms with Gasteiger partial charge in [0.2, 0.25) is 11.6 Å². The predicted molar refractivity (Wildman–Crippen MR) is 117 cm³/mol. The van der Waals surface area contributed by atoms with Crippen molar-refractivity contribution in [3.63, 3.8) is 0 Å². The number of amides is 1. The monoisotopic (exact) mass is 457 g/mol. The highest BCUT2D eigenvalue weighted by molar-refractivity contribution is 6.02. The van der Waals surface area contributed by atoms with Crippen molar-refractivity contribution in [1.82, 2.24) is 9.91 Å². The van der Waals surface area contributed by atoms with Crippen molar-refractivity contribution < 1.29 is 27.8 Å². The maximum absolute atomic E-state index is 12.5. The van der Waals surface area contributed by atoms with Crippen LogP contribution in [0.1, 0.15) is 43.4 Å². The third kappa shape index (κ3) is 3.75. The van der Waals surface area contributed by atoms with Crippen LogP contribution in [0.5, 0.6) is 17.2 Å². The van der Waals surface area contributed by atoms with E-state index < -0.39 is 12.3 Å². The fourth-order valence-electron chi connectivity index (χ4n) is 4.94. The average molecular weight is 457 g/mol. The highest BCUT2D eigenvalue weighted by Gasteiger charge is 2.52. The zero-order valence-corrected chi connectivity index (χ0v) is 18.5. The zero-order valence-electron chi connectivity index (χ0n) is 18.5. The number of alkyl halides is 2. The van der Waals surface area contributed by atoms with Crippen LogP contribution in [0.15, 0.2) is 47.6 Å². The second kappa shape index (κ2) is 8.20. The molecule has 3 aliphatic rings. The number of carbonyl (C=O) groups excluding carboxylic acids is 1. The lowest BCUT2D eigenvalue weighted by Crippen LogP contribution is -2.59. The highest BCUT2D eigenvalue weighted by atomic mass is 19.3. The van der Waals surface area contributed by atoms with E-state index in [0.717, 1.165) is 22.6 Å². The Bertz CT molecular complexity index is 1080. The summed E-state index contributed by atoms with van der Waals surface area (Å²) in [7, 11) is 1.62. The summed E-state index contributed by atoms with van der Waals surface area (Å²) in [5, 5.41) is 7.00. The van der Waals surface area contributed by atoms with Crippen LogP contribution in [-0.2, 0) is 4.79 Å². The maximum Gasteiger partial charge on any atom is 0.387 e. The van der Waals surface area contributed by atoms with Crippen molar-refractivity contribution in [2.24, 2.45) is 5.10 Å². The van der Waals surface area contributed by atoms with Gasteiger partial charge in [-0.15, -0.1) is 0 Å². The number of halogens is 2. The maximum atomic E-state index is 12.5. The number of hydrogen-bond donors (Lipinski definition) is 0. The van der Waals surface area contributed by atoms with Gasteiger partial charge in [-0.25, -0.2) is 5.01 Å². The van der Waals surface area contributed by atoms with Crippen LogP contribution in [0.2, 0.25) is 0 Å². The second-order valence-corrected chi connectivity index (χ2v) is 8.45. The van der Waals surface area contributed by atoms with Crippen molar-refractivity contribution in [1.29, 1.82) is 0 Å². The SMILES string of the molecule is COc1cccc2c1OC1(CCN(C(C)=O)CC1)N1N=C(c3ccc(OC(F)F)cc3)C[C@H]21. The Morgan fingerprint density at radius 3 is 2.55 bits per heavy atom. The van der Waals surface area contributed by atoms with E-state index in [1.165, 1.54) is 12.1 Å². The van der Waals surface area contributed by atoms with Crippen LogP contribution in [0.3, 0.4) is 0 Å². The van der Waals surface area contributed by atoms with Gasteiger partial charge < -0.3 is 19.1 Å². The summed E-state index contributed by atoms with van der Waals surface area (Å²) in [5.41, 5.74) is 1.98. The molecule has 0 aromatic heterocycles. The summed E-state index contributed by atoms with van der Waals surface area (Å²) in [4.78, 5) is 13.7. The minimum absolute atomic E-state index is 0.0481. The van der Waals surface area contributed by atoms with Gasteiger partial charge in [0.15, 0.2) is 11.5 Å². The molecule has 3 aliphatic heterocycles. The van der Waals surface area contributed by atoms with E-state index in [1.807, 2.05) is 28.1 Å². The molecule has 1 fully saturated rings. The van der Waals surface area contributed by atoms with Gasteiger partial charge in [-0.05, 0) is 35.9 Å². The average Bonchev–Trinajstić information content (AvgIpc) is 3.26. The number of methoxy groups -OCH3 is 1. The molecule has 2 aromatic carbocycles. The summed E-state index contributed by atoms with van der Waals surface area (Å²) in [6, 6.07) is 12.3. The van der Waals surface area contributed by atoms with Gasteiger partial charge in [-0.3, -0.25) is 4.79 Å². The standard InChI is InChI=1S/C24H25F2N3O4/c1-15(30)28-12-10-24(11-13-28)29-20(18-4-3-5-21(31-2)22(18)33-24)14-19(27-29)16-6-8-17(9-7-16)32-23(25)26/h3-9,20,23H,10-14H2,1-2H3/t20-/m1/s1. The van der Waals surface area contributed by atoms with E-state index in [1.54, 1.807) is 26.2 Å². The van der Waals surface area contributed by atoms with Crippen molar-refractivity contribution >= 4 is 11.6 Å². The van der Waals surface area contributed by atoms with Crippen molar-refractivity contribution in [2.75, 3.05) is 20.2 Å². The minimum atomic E-state index is -2.86. The van der Waals surface area contributed by atoms with Crippen LogP contribution in [0.25, 0.3) is 0 Å². The molecule has 7 nitrogen and oxygen atoms in total. The van der Waals surface area contributed by atoms with E-state index in [4.69, 9.17) is 14.6 Å². The normalized spacial score (nSPS) is 20.8. The van der Waals surface area contributed by atoms with E-state index in [9.17, 15) is 13.6 Å². The van der Waals surface area contributed by atoms with Gasteiger partial charge in [-0.2, -0.15) is 13.9 Å². The molecule has 1 spiro atoms. The van der Waals surface area contributed by atoms with E-state index >= 15 is 0 Å². The summed E-state index contributed by atoms with van der Waals surface area (Å²) in [6.07, 6.45) is 1.85. The number of nitrogens with zero attached hydrogens (tertiary/aromatic N) is 3. The smallest absolute Gasteiger partial charge is 0.387 e. The van der Waals surface area contributed by atoms with Gasteiger partial charge in [0.1, 0.15) is 5.75 Å². The summed E-state index contributed by atoms with van der Waals surface area (Å²) in [5.74, 6) is 1.54. The minimum Gasteiger partial charge on any atom is -0.493 e. The second-order valence-electron chi connectivity index (χ2n) is 8.45. The molecule has 1 amide bonds. The third-order valence-electron chi connectivity index (χ3n) is 6.61. The van der Waals surface area contributed by atoms with Gasteiger partial charge in [-0.1, -0.05) is 12.1 Å². The first-order valence-electron chi connectivity index (χ1n) is 10.9. The summed E-state index contributed by atoms with van der Waals surface area (Å²) >= 11 is 0. The Labute approximate surface area is 190 Å². The molecule has 0 radical (unpaired) electrons. The van der Waals surface area contributed by atoms with Crippen LogP contribution < -0.4 is 14.2 Å². The lowest BCUT2D eigenvalue weighted by molar-refractivity contribution is -0.159. The zero-order chi connectivity index (χ0) is 23.2. The number of benzene rings is 2. The molecule has 0 saturated carbocycles. The van der Waals surface area contributed by atoms with E-state index in [2.05, 4.69) is 4.74 Å². The van der Waals surface area contributed by atoms with Gasteiger partial charge in [0.05, 0.1) is 18.9 Å². The van der Waals surface area contributed by atoms with Gasteiger partial charge in [0, 0.05) is 44.8 Å². The first-order chi connectivity index (χ1) is 15.9. The number of piperidine rings is 1. The third-order valence-corrected chi connectivity index (χ3v) is 6.61. The lowest BCUT2D eigenvalue weighted by Gasteiger charge is -2.51. The Morgan fingerprint density at radius 1 is 1.18 bits per heavy atom.